The first-order chi connectivity index (χ1) is 12.8. The van der Waals surface area contributed by atoms with Crippen molar-refractivity contribution in [3.8, 4) is 5.88 Å². The van der Waals surface area contributed by atoms with Gasteiger partial charge in [-0.2, -0.15) is 0 Å². The molecule has 0 aliphatic carbocycles. The Kier molecular flexibility index (Phi) is 3.62. The number of hydrogen-bond donors (Lipinski definition) is 3. The second kappa shape index (κ2) is 5.76. The summed E-state index contributed by atoms with van der Waals surface area (Å²) in [6.45, 7) is -0.394. The van der Waals surface area contributed by atoms with Gasteiger partial charge in [-0.05, 0) is 24.3 Å². The predicted molar refractivity (Wildman–Crippen MR) is 88.3 cm³/mol. The third kappa shape index (κ3) is 2.59. The number of nitrogens with zero attached hydrogens (tertiary/aromatic N) is 1. The number of benzene rings is 2. The molecule has 1 aliphatic heterocycles. The van der Waals surface area contributed by atoms with Crippen LogP contribution in [0, 0.1) is 17.5 Å². The summed E-state index contributed by atoms with van der Waals surface area (Å²) in [6.07, 6.45) is 1.44. The number of aromatic nitrogens is 1. The van der Waals surface area contributed by atoms with Crippen molar-refractivity contribution in [3.63, 3.8) is 0 Å². The lowest BCUT2D eigenvalue weighted by atomic mass is 9.89. The van der Waals surface area contributed by atoms with E-state index in [9.17, 15) is 27.9 Å². The number of amides is 3. The fourth-order valence-electron chi connectivity index (χ4n) is 3.31. The van der Waals surface area contributed by atoms with Gasteiger partial charge in [-0.15, -0.1) is 0 Å². The Morgan fingerprint density at radius 2 is 1.74 bits per heavy atom. The highest BCUT2D eigenvalue weighted by Crippen LogP contribution is 2.34. The molecule has 6 nitrogen and oxygen atoms in total. The molecule has 1 aromatic heterocycles. The number of imide groups is 1. The molecule has 0 bridgehead atoms. The van der Waals surface area contributed by atoms with Crippen LogP contribution in [0.5, 0.6) is 5.88 Å². The van der Waals surface area contributed by atoms with E-state index in [1.165, 1.54) is 22.9 Å². The van der Waals surface area contributed by atoms with Crippen molar-refractivity contribution in [2.75, 3.05) is 0 Å². The van der Waals surface area contributed by atoms with E-state index < -0.39 is 41.5 Å². The second-order valence-electron chi connectivity index (χ2n) is 6.25. The summed E-state index contributed by atoms with van der Waals surface area (Å²) in [7, 11) is 0. The Balaban J connectivity index is 1.87. The molecule has 0 spiro atoms. The average molecular weight is 375 g/mol. The van der Waals surface area contributed by atoms with Crippen LogP contribution in [0.3, 0.4) is 0 Å². The number of hydrogen-bond acceptors (Lipinski definition) is 3. The molecule has 138 valence electrons. The first-order valence-electron chi connectivity index (χ1n) is 7.87. The van der Waals surface area contributed by atoms with Gasteiger partial charge >= 0.3 is 6.03 Å². The van der Waals surface area contributed by atoms with Gasteiger partial charge in [0.15, 0.2) is 11.4 Å². The SMILES string of the molecule is O=C1NC(=O)C(Cn2cc3ccc(F)cc3c2O)(c2ccc(F)cc2F)N1. The molecule has 2 heterocycles. The molecule has 3 N–H and O–H groups in total. The number of carbonyl (C=O) groups excluding carboxylic acids is 2. The maximum absolute atomic E-state index is 14.4. The molecule has 9 heteroatoms. The van der Waals surface area contributed by atoms with Crippen molar-refractivity contribution in [1.29, 1.82) is 0 Å². The number of carbonyl (C=O) groups is 2. The molecule has 2 aromatic carbocycles. The van der Waals surface area contributed by atoms with Crippen LogP contribution in [0.4, 0.5) is 18.0 Å². The Morgan fingerprint density at radius 1 is 1.04 bits per heavy atom. The molecular formula is C18H12F3N3O3. The number of urea groups is 1. The van der Waals surface area contributed by atoms with Gasteiger partial charge in [-0.1, -0.05) is 6.07 Å². The third-order valence-corrected chi connectivity index (χ3v) is 4.56. The normalized spacial score (nSPS) is 19.4. The molecule has 1 atom stereocenters. The van der Waals surface area contributed by atoms with Crippen molar-refractivity contribution in [2.24, 2.45) is 0 Å². The monoisotopic (exact) mass is 375 g/mol. The zero-order valence-electron chi connectivity index (χ0n) is 13.6. The van der Waals surface area contributed by atoms with Gasteiger partial charge in [0, 0.05) is 28.6 Å². The van der Waals surface area contributed by atoms with Gasteiger partial charge in [0.2, 0.25) is 0 Å². The van der Waals surface area contributed by atoms with Crippen LogP contribution >= 0.6 is 0 Å². The molecule has 1 saturated heterocycles. The fourth-order valence-corrected chi connectivity index (χ4v) is 3.31. The molecule has 0 saturated carbocycles. The Hall–Kier alpha value is -3.49. The van der Waals surface area contributed by atoms with E-state index >= 15 is 0 Å². The number of rotatable bonds is 3. The molecule has 1 fully saturated rings. The minimum Gasteiger partial charge on any atom is -0.494 e. The van der Waals surface area contributed by atoms with Gasteiger partial charge in [0.05, 0.1) is 6.54 Å². The average Bonchev–Trinajstić information content (AvgIpc) is 3.05. The maximum Gasteiger partial charge on any atom is 0.322 e. The van der Waals surface area contributed by atoms with Crippen LogP contribution in [-0.4, -0.2) is 21.6 Å². The third-order valence-electron chi connectivity index (χ3n) is 4.56. The summed E-state index contributed by atoms with van der Waals surface area (Å²) in [4.78, 5) is 24.3. The largest absolute Gasteiger partial charge is 0.494 e. The minimum atomic E-state index is -1.92. The van der Waals surface area contributed by atoms with Crippen LogP contribution in [0.15, 0.2) is 42.6 Å². The summed E-state index contributed by atoms with van der Waals surface area (Å²) >= 11 is 0. The molecule has 0 radical (unpaired) electrons. The van der Waals surface area contributed by atoms with E-state index in [1.807, 2.05) is 5.32 Å². The molecular weight excluding hydrogens is 363 g/mol. The molecule has 3 amide bonds. The quantitative estimate of drug-likeness (QED) is 0.615. The summed E-state index contributed by atoms with van der Waals surface area (Å²) in [5, 5.41) is 15.5. The molecule has 1 aliphatic rings. The lowest BCUT2D eigenvalue weighted by Crippen LogP contribution is -2.48. The lowest BCUT2D eigenvalue weighted by Gasteiger charge is -2.27. The number of aromatic hydroxyl groups is 1. The van der Waals surface area contributed by atoms with E-state index in [0.29, 0.717) is 11.5 Å². The number of halogens is 3. The van der Waals surface area contributed by atoms with Gasteiger partial charge in [0.1, 0.15) is 17.5 Å². The van der Waals surface area contributed by atoms with E-state index in [0.717, 1.165) is 18.2 Å². The van der Waals surface area contributed by atoms with Crippen LogP contribution in [0.25, 0.3) is 10.8 Å². The standard InChI is InChI=1S/C18H12F3N3O3/c19-10-2-1-9-7-24(15(25)12(9)5-10)8-18(16(26)22-17(27)23-18)13-4-3-11(20)6-14(13)21/h1-7,25H,8H2,(H2,22,23,26,27). The summed E-state index contributed by atoms with van der Waals surface area (Å²) in [6, 6.07) is 5.49. The lowest BCUT2D eigenvalue weighted by molar-refractivity contribution is -0.125. The van der Waals surface area contributed by atoms with E-state index in [-0.39, 0.29) is 16.8 Å². The Labute approximate surface area is 150 Å². The van der Waals surface area contributed by atoms with E-state index in [2.05, 4.69) is 5.32 Å². The number of fused-ring (bicyclic) bond motifs is 1. The summed E-state index contributed by atoms with van der Waals surface area (Å²) in [5.74, 6) is -3.67. The zero-order valence-corrected chi connectivity index (χ0v) is 13.6. The zero-order chi connectivity index (χ0) is 19.3. The van der Waals surface area contributed by atoms with Crippen LogP contribution in [-0.2, 0) is 16.9 Å². The molecule has 4 rings (SSSR count). The Morgan fingerprint density at radius 3 is 2.41 bits per heavy atom. The highest BCUT2D eigenvalue weighted by atomic mass is 19.1. The van der Waals surface area contributed by atoms with Crippen molar-refractivity contribution in [1.82, 2.24) is 15.2 Å². The minimum absolute atomic E-state index is 0.189. The van der Waals surface area contributed by atoms with Crippen molar-refractivity contribution >= 4 is 22.7 Å². The first kappa shape index (κ1) is 17.0. The van der Waals surface area contributed by atoms with Crippen molar-refractivity contribution in [2.45, 2.75) is 12.1 Å². The van der Waals surface area contributed by atoms with Gasteiger partial charge in [-0.3, -0.25) is 10.1 Å². The topological polar surface area (TPSA) is 83.4 Å². The van der Waals surface area contributed by atoms with E-state index in [1.54, 1.807) is 0 Å². The van der Waals surface area contributed by atoms with Gasteiger partial charge in [0.25, 0.3) is 5.91 Å². The molecule has 3 aromatic rings. The van der Waals surface area contributed by atoms with Crippen LogP contribution < -0.4 is 10.6 Å². The van der Waals surface area contributed by atoms with Crippen LogP contribution in [0.1, 0.15) is 5.56 Å². The van der Waals surface area contributed by atoms with Crippen molar-refractivity contribution in [3.05, 3.63) is 65.6 Å². The smallest absolute Gasteiger partial charge is 0.322 e. The van der Waals surface area contributed by atoms with Gasteiger partial charge < -0.3 is 15.0 Å². The highest BCUT2D eigenvalue weighted by molar-refractivity contribution is 6.07. The predicted octanol–water partition coefficient (Wildman–Crippen LogP) is 2.50. The maximum atomic E-state index is 14.4. The molecule has 1 unspecified atom stereocenters. The highest BCUT2D eigenvalue weighted by Gasteiger charge is 2.50. The summed E-state index contributed by atoms with van der Waals surface area (Å²) in [5.41, 5.74) is -2.18. The van der Waals surface area contributed by atoms with Gasteiger partial charge in [-0.25, -0.2) is 18.0 Å². The van der Waals surface area contributed by atoms with E-state index in [4.69, 9.17) is 0 Å². The second-order valence-corrected chi connectivity index (χ2v) is 6.25. The first-order valence-corrected chi connectivity index (χ1v) is 7.87. The van der Waals surface area contributed by atoms with Crippen LogP contribution in [0.2, 0.25) is 0 Å². The summed E-state index contributed by atoms with van der Waals surface area (Å²) < 4.78 is 42.3. The van der Waals surface area contributed by atoms with Crippen molar-refractivity contribution < 1.29 is 27.9 Å². The Bertz CT molecular complexity index is 1110. The molecule has 27 heavy (non-hydrogen) atoms. The fraction of sp³-hybridized carbons (Fsp3) is 0.111. The number of nitrogens with one attached hydrogen (secondary N) is 2.